The lowest BCUT2D eigenvalue weighted by atomic mass is 10.1. The molecule has 0 unspecified atom stereocenters. The fourth-order valence-corrected chi connectivity index (χ4v) is 4.93. The SMILES string of the molecule is Cc1cn(-c2cc(C(=O)Nc3ccc(C)c(NC(=O)n4ccc5c(Nc6cccc(C(N)=O)c6)ncnc54)c3)cc(C(F)(F)F)c2)cn1. The summed E-state index contributed by atoms with van der Waals surface area (Å²) in [6.07, 6.45) is 1.01. The first-order chi connectivity index (χ1) is 22.9. The Morgan fingerprint density at radius 2 is 1.67 bits per heavy atom. The fraction of sp³-hybridized carbons (Fsp3) is 0.0909. The van der Waals surface area contributed by atoms with Crippen molar-refractivity contribution < 1.29 is 27.6 Å². The zero-order chi connectivity index (χ0) is 34.2. The van der Waals surface area contributed by atoms with Crippen LogP contribution in [-0.4, -0.2) is 41.9 Å². The number of anilines is 4. The molecule has 3 aromatic heterocycles. The number of carbonyl (C=O) groups excluding carboxylic acids is 3. The number of nitrogens with zero attached hydrogens (tertiary/aromatic N) is 5. The van der Waals surface area contributed by atoms with Gasteiger partial charge in [0.05, 0.1) is 23.0 Å². The highest BCUT2D eigenvalue weighted by atomic mass is 19.4. The van der Waals surface area contributed by atoms with Crippen LogP contribution in [0.4, 0.5) is 40.8 Å². The number of nitrogens with one attached hydrogen (secondary N) is 3. The number of hydrogen-bond donors (Lipinski definition) is 4. The maximum atomic E-state index is 13.7. The van der Waals surface area contributed by atoms with Gasteiger partial charge in [-0.05, 0) is 74.0 Å². The molecule has 0 spiro atoms. The molecular formula is C33H26F3N9O3. The van der Waals surface area contributed by atoms with Gasteiger partial charge in [-0.25, -0.2) is 19.7 Å². The smallest absolute Gasteiger partial charge is 0.366 e. The second-order valence-electron chi connectivity index (χ2n) is 10.8. The summed E-state index contributed by atoms with van der Waals surface area (Å²) in [5, 5.41) is 9.03. The van der Waals surface area contributed by atoms with E-state index in [1.165, 1.54) is 40.1 Å². The number of hydrogen-bond acceptors (Lipinski definition) is 7. The van der Waals surface area contributed by atoms with Crippen LogP contribution in [-0.2, 0) is 6.18 Å². The minimum atomic E-state index is -4.69. The number of primary amides is 1. The van der Waals surface area contributed by atoms with Crippen molar-refractivity contribution in [1.29, 1.82) is 0 Å². The molecule has 0 atom stereocenters. The number of halogens is 3. The third-order valence-electron chi connectivity index (χ3n) is 7.36. The number of alkyl halides is 3. The van der Waals surface area contributed by atoms with Gasteiger partial charge >= 0.3 is 12.2 Å². The first-order valence-electron chi connectivity index (χ1n) is 14.3. The largest absolute Gasteiger partial charge is 0.416 e. The molecule has 0 saturated carbocycles. The maximum Gasteiger partial charge on any atom is 0.416 e. The molecule has 3 heterocycles. The zero-order valence-electron chi connectivity index (χ0n) is 25.3. The van der Waals surface area contributed by atoms with E-state index in [0.29, 0.717) is 39.4 Å². The van der Waals surface area contributed by atoms with E-state index in [-0.39, 0.29) is 22.6 Å². The van der Waals surface area contributed by atoms with Crippen LogP contribution < -0.4 is 21.7 Å². The normalized spacial score (nSPS) is 11.4. The lowest BCUT2D eigenvalue weighted by molar-refractivity contribution is -0.137. The molecule has 48 heavy (non-hydrogen) atoms. The Labute approximate surface area is 270 Å². The molecule has 15 heteroatoms. The van der Waals surface area contributed by atoms with Crippen molar-refractivity contribution in [3.63, 3.8) is 0 Å². The molecule has 6 rings (SSSR count). The Morgan fingerprint density at radius 3 is 2.40 bits per heavy atom. The predicted molar refractivity (Wildman–Crippen MR) is 173 cm³/mol. The summed E-state index contributed by atoms with van der Waals surface area (Å²) in [7, 11) is 0. The molecule has 0 saturated heterocycles. The summed E-state index contributed by atoms with van der Waals surface area (Å²) in [6, 6.07) is 15.4. The first-order valence-corrected chi connectivity index (χ1v) is 14.3. The molecule has 12 nitrogen and oxygen atoms in total. The van der Waals surface area contributed by atoms with Crippen LogP contribution in [0.2, 0.25) is 0 Å². The summed E-state index contributed by atoms with van der Waals surface area (Å²) in [6.45, 7) is 3.44. The summed E-state index contributed by atoms with van der Waals surface area (Å²) >= 11 is 0. The van der Waals surface area contributed by atoms with Gasteiger partial charge in [-0.2, -0.15) is 13.2 Å². The summed E-state index contributed by atoms with van der Waals surface area (Å²) < 4.78 is 43.9. The lowest BCUT2D eigenvalue weighted by Gasteiger charge is -2.14. The minimum Gasteiger partial charge on any atom is -0.366 e. The molecule has 0 aliphatic rings. The second-order valence-corrected chi connectivity index (χ2v) is 10.8. The summed E-state index contributed by atoms with van der Waals surface area (Å²) in [5.74, 6) is -0.983. The molecule has 0 aliphatic carbocycles. The Kier molecular flexibility index (Phi) is 8.10. The quantitative estimate of drug-likeness (QED) is 0.154. The van der Waals surface area contributed by atoms with Gasteiger partial charge in [0.15, 0.2) is 5.65 Å². The van der Waals surface area contributed by atoms with Crippen molar-refractivity contribution in [1.82, 2.24) is 24.1 Å². The Hall–Kier alpha value is -6.51. The van der Waals surface area contributed by atoms with Gasteiger partial charge < -0.3 is 26.3 Å². The highest BCUT2D eigenvalue weighted by Crippen LogP contribution is 2.32. The molecule has 0 radical (unpaired) electrons. The van der Waals surface area contributed by atoms with Crippen molar-refractivity contribution in [3.8, 4) is 5.69 Å². The minimum absolute atomic E-state index is 0.118. The number of fused-ring (bicyclic) bond motifs is 1. The van der Waals surface area contributed by atoms with Crippen LogP contribution in [0.3, 0.4) is 0 Å². The number of amides is 3. The average Bonchev–Trinajstić information content (AvgIpc) is 3.69. The highest BCUT2D eigenvalue weighted by molar-refractivity contribution is 6.06. The number of nitrogens with two attached hydrogens (primary N) is 1. The monoisotopic (exact) mass is 653 g/mol. The van der Waals surface area contributed by atoms with Crippen LogP contribution in [0.25, 0.3) is 16.7 Å². The van der Waals surface area contributed by atoms with Gasteiger partial charge in [0.25, 0.3) is 5.91 Å². The van der Waals surface area contributed by atoms with Crippen LogP contribution in [0.15, 0.2) is 91.8 Å². The van der Waals surface area contributed by atoms with Gasteiger partial charge in [-0.1, -0.05) is 12.1 Å². The zero-order valence-corrected chi connectivity index (χ0v) is 25.3. The molecule has 6 aromatic rings. The molecule has 242 valence electrons. The third-order valence-corrected chi connectivity index (χ3v) is 7.36. The topological polar surface area (TPSA) is 162 Å². The van der Waals surface area contributed by atoms with Gasteiger partial charge in [-0.3, -0.25) is 14.2 Å². The molecular weight excluding hydrogens is 627 g/mol. The van der Waals surface area contributed by atoms with Crippen molar-refractivity contribution in [3.05, 3.63) is 120 Å². The molecule has 3 aromatic carbocycles. The maximum absolute atomic E-state index is 13.7. The summed E-state index contributed by atoms with van der Waals surface area (Å²) in [4.78, 5) is 50.8. The fourth-order valence-electron chi connectivity index (χ4n) is 4.93. The van der Waals surface area contributed by atoms with Crippen molar-refractivity contribution in [2.45, 2.75) is 20.0 Å². The number of benzene rings is 3. The van der Waals surface area contributed by atoms with Crippen molar-refractivity contribution >= 4 is 51.8 Å². The predicted octanol–water partition coefficient (Wildman–Crippen LogP) is 6.43. The lowest BCUT2D eigenvalue weighted by Crippen LogP contribution is -2.20. The van der Waals surface area contributed by atoms with E-state index >= 15 is 0 Å². The second kappa shape index (κ2) is 12.4. The summed E-state index contributed by atoms with van der Waals surface area (Å²) in [5.41, 5.74) is 7.26. The van der Waals surface area contributed by atoms with Gasteiger partial charge in [0.2, 0.25) is 5.91 Å². The van der Waals surface area contributed by atoms with E-state index in [9.17, 15) is 27.6 Å². The van der Waals surface area contributed by atoms with E-state index in [4.69, 9.17) is 5.73 Å². The van der Waals surface area contributed by atoms with Gasteiger partial charge in [0.1, 0.15) is 12.1 Å². The van der Waals surface area contributed by atoms with Crippen LogP contribution >= 0.6 is 0 Å². The Morgan fingerprint density at radius 1 is 0.854 bits per heavy atom. The standard InChI is InChI=1S/C33H26F3N9O3/c1-18-6-7-24(42-31(47)21-10-22(33(34,35)36)13-25(12-21)44-15-19(2)40-17-44)14-27(18)43-32(48)45-9-8-26-29(38-16-39-30(26)45)41-23-5-3-4-20(11-23)28(37)46/h3-17H,1-2H3,(H2,37,46)(H,42,47)(H,43,48)(H,38,39,41). The first kappa shape index (κ1) is 31.5. The Bertz CT molecular complexity index is 2220. The molecule has 0 aliphatic heterocycles. The number of aryl methyl sites for hydroxylation is 2. The van der Waals surface area contributed by atoms with Crippen LogP contribution in [0.5, 0.6) is 0 Å². The van der Waals surface area contributed by atoms with E-state index < -0.39 is 29.6 Å². The van der Waals surface area contributed by atoms with E-state index in [2.05, 4.69) is 30.9 Å². The highest BCUT2D eigenvalue weighted by Gasteiger charge is 2.32. The van der Waals surface area contributed by atoms with Gasteiger partial charge in [-0.15, -0.1) is 0 Å². The average molecular weight is 654 g/mol. The van der Waals surface area contributed by atoms with Crippen molar-refractivity contribution in [2.24, 2.45) is 5.73 Å². The number of rotatable bonds is 7. The van der Waals surface area contributed by atoms with Crippen LogP contribution in [0, 0.1) is 13.8 Å². The number of aromatic nitrogens is 5. The van der Waals surface area contributed by atoms with Crippen LogP contribution in [0.1, 0.15) is 37.5 Å². The van der Waals surface area contributed by atoms with E-state index in [1.807, 2.05) is 0 Å². The molecule has 0 bridgehead atoms. The molecule has 5 N–H and O–H groups in total. The van der Waals surface area contributed by atoms with E-state index in [1.54, 1.807) is 62.5 Å². The van der Waals surface area contributed by atoms with E-state index in [0.717, 1.165) is 12.1 Å². The van der Waals surface area contributed by atoms with Gasteiger partial charge in [0, 0.05) is 46.3 Å². The molecule has 3 amide bonds. The number of carbonyl (C=O) groups is 3. The third kappa shape index (κ3) is 6.55. The van der Waals surface area contributed by atoms with Crippen molar-refractivity contribution in [2.75, 3.05) is 16.0 Å². The molecule has 0 fully saturated rings. The number of imidazole rings is 1. The Balaban J connectivity index is 1.23.